The van der Waals surface area contributed by atoms with Crippen LogP contribution in [0.3, 0.4) is 0 Å². The van der Waals surface area contributed by atoms with Crippen molar-refractivity contribution in [1.29, 1.82) is 0 Å². The third kappa shape index (κ3) is 2.43. The molecule has 0 aliphatic heterocycles. The number of fused-ring (bicyclic) bond motifs is 1. The fraction of sp³-hybridized carbons (Fsp3) is 0.118. The van der Waals surface area contributed by atoms with E-state index in [-0.39, 0.29) is 5.97 Å². The van der Waals surface area contributed by atoms with Gasteiger partial charge in [-0.2, -0.15) is 0 Å². The molecule has 0 saturated heterocycles. The van der Waals surface area contributed by atoms with Crippen LogP contribution >= 0.6 is 0 Å². The van der Waals surface area contributed by atoms with Crippen molar-refractivity contribution in [3.8, 4) is 0 Å². The molecule has 3 aromatic rings. The topological polar surface area (TPSA) is 39.4 Å². The van der Waals surface area contributed by atoms with E-state index >= 15 is 0 Å². The number of benzene rings is 2. The van der Waals surface area contributed by atoms with Gasteiger partial charge in [-0.3, -0.25) is 0 Å². The van der Waals surface area contributed by atoms with E-state index in [1.54, 1.807) is 12.1 Å². The number of rotatable bonds is 3. The van der Waals surface area contributed by atoms with Gasteiger partial charge in [0.15, 0.2) is 0 Å². The summed E-state index contributed by atoms with van der Waals surface area (Å²) < 4.78 is 10.5. The summed E-state index contributed by atoms with van der Waals surface area (Å²) in [5.74, 6) is 0.529. The van der Waals surface area contributed by atoms with Gasteiger partial charge < -0.3 is 9.15 Å². The molecule has 0 atom stereocenters. The van der Waals surface area contributed by atoms with Crippen molar-refractivity contribution in [2.75, 3.05) is 7.11 Å². The molecule has 0 aliphatic carbocycles. The minimum absolute atomic E-state index is 0.354. The highest BCUT2D eigenvalue weighted by molar-refractivity contribution is 5.93. The third-order valence-corrected chi connectivity index (χ3v) is 3.21. The van der Waals surface area contributed by atoms with E-state index in [9.17, 15) is 4.79 Å². The Morgan fingerprint density at radius 3 is 2.65 bits per heavy atom. The lowest BCUT2D eigenvalue weighted by molar-refractivity contribution is 0.0601. The Morgan fingerprint density at radius 1 is 1.10 bits per heavy atom. The molecule has 0 aliphatic rings. The molecule has 0 bridgehead atoms. The normalized spacial score (nSPS) is 10.7. The first-order valence-corrected chi connectivity index (χ1v) is 6.41. The van der Waals surface area contributed by atoms with Crippen molar-refractivity contribution in [1.82, 2.24) is 0 Å². The predicted molar refractivity (Wildman–Crippen MR) is 76.8 cm³/mol. The molecule has 1 aromatic heterocycles. The molecular formula is C17H14O3. The third-order valence-electron chi connectivity index (χ3n) is 3.21. The lowest BCUT2D eigenvalue weighted by Gasteiger charge is -1.98. The molecule has 0 amide bonds. The Hall–Kier alpha value is -2.55. The highest BCUT2D eigenvalue weighted by Gasteiger charge is 2.09. The molecule has 3 rings (SSSR count). The van der Waals surface area contributed by atoms with E-state index in [0.717, 1.165) is 17.6 Å². The summed E-state index contributed by atoms with van der Waals surface area (Å²) in [4.78, 5) is 11.5. The minimum Gasteiger partial charge on any atom is -0.465 e. The summed E-state index contributed by atoms with van der Waals surface area (Å²) in [6.07, 6.45) is 0.739. The summed E-state index contributed by atoms with van der Waals surface area (Å²) in [7, 11) is 1.37. The minimum atomic E-state index is -0.354. The van der Waals surface area contributed by atoms with Crippen LogP contribution in [0, 0.1) is 0 Å². The van der Waals surface area contributed by atoms with Crippen LogP contribution in [-0.4, -0.2) is 13.1 Å². The van der Waals surface area contributed by atoms with Gasteiger partial charge in [0.25, 0.3) is 0 Å². The van der Waals surface area contributed by atoms with Gasteiger partial charge in [0.2, 0.25) is 0 Å². The first-order chi connectivity index (χ1) is 9.76. The Kier molecular flexibility index (Phi) is 3.25. The average molecular weight is 266 g/mol. The molecule has 0 N–H and O–H groups in total. The summed E-state index contributed by atoms with van der Waals surface area (Å²) in [6, 6.07) is 17.5. The molecule has 3 heteroatoms. The van der Waals surface area contributed by atoms with Crippen molar-refractivity contribution in [2.24, 2.45) is 0 Å². The molecule has 100 valence electrons. The maximum absolute atomic E-state index is 11.5. The molecule has 3 nitrogen and oxygen atoms in total. The van der Waals surface area contributed by atoms with Gasteiger partial charge in [-0.25, -0.2) is 4.79 Å². The summed E-state index contributed by atoms with van der Waals surface area (Å²) in [5, 5.41) is 0.989. The molecule has 0 fully saturated rings. The molecule has 2 aromatic carbocycles. The summed E-state index contributed by atoms with van der Waals surface area (Å²) >= 11 is 0. The number of hydrogen-bond donors (Lipinski definition) is 0. The number of carbonyl (C=O) groups is 1. The van der Waals surface area contributed by atoms with Crippen LogP contribution in [-0.2, 0) is 11.2 Å². The molecule has 0 radical (unpaired) electrons. The first-order valence-electron chi connectivity index (χ1n) is 6.41. The molecule has 0 unspecified atom stereocenters. The molecule has 0 saturated carbocycles. The Balaban J connectivity index is 1.92. The van der Waals surface area contributed by atoms with Crippen LogP contribution in [0.2, 0.25) is 0 Å². The lowest BCUT2D eigenvalue weighted by Crippen LogP contribution is -1.99. The Labute approximate surface area is 116 Å². The van der Waals surface area contributed by atoms with E-state index in [4.69, 9.17) is 9.15 Å². The molecule has 1 heterocycles. The van der Waals surface area contributed by atoms with Gasteiger partial charge in [0, 0.05) is 11.8 Å². The summed E-state index contributed by atoms with van der Waals surface area (Å²) in [5.41, 5.74) is 2.40. The average Bonchev–Trinajstić information content (AvgIpc) is 2.88. The number of esters is 1. The van der Waals surface area contributed by atoms with Crippen LogP contribution in [0.15, 0.2) is 59.0 Å². The zero-order valence-corrected chi connectivity index (χ0v) is 11.1. The van der Waals surface area contributed by atoms with Crippen LogP contribution in [0.25, 0.3) is 11.0 Å². The second kappa shape index (κ2) is 5.21. The van der Waals surface area contributed by atoms with Crippen molar-refractivity contribution in [3.05, 3.63) is 71.5 Å². The van der Waals surface area contributed by atoms with E-state index in [2.05, 4.69) is 12.1 Å². The van der Waals surface area contributed by atoms with Crippen LogP contribution < -0.4 is 0 Å². The van der Waals surface area contributed by atoms with Crippen molar-refractivity contribution >= 4 is 16.9 Å². The van der Waals surface area contributed by atoms with E-state index in [1.807, 2.05) is 30.3 Å². The van der Waals surface area contributed by atoms with Crippen LogP contribution in [0.4, 0.5) is 0 Å². The number of methoxy groups -OCH3 is 1. The largest absolute Gasteiger partial charge is 0.465 e. The molecule has 0 spiro atoms. The highest BCUT2D eigenvalue weighted by atomic mass is 16.5. The fourth-order valence-corrected chi connectivity index (χ4v) is 2.22. The van der Waals surface area contributed by atoms with Gasteiger partial charge >= 0.3 is 5.97 Å². The van der Waals surface area contributed by atoms with Crippen molar-refractivity contribution in [3.63, 3.8) is 0 Å². The van der Waals surface area contributed by atoms with Crippen molar-refractivity contribution < 1.29 is 13.9 Å². The van der Waals surface area contributed by atoms with E-state index < -0.39 is 0 Å². The maximum Gasteiger partial charge on any atom is 0.337 e. The first kappa shape index (κ1) is 12.5. The standard InChI is InChI=1S/C17H14O3/c1-19-17(18)14-8-7-13-10-15(20-16(13)11-14)9-12-5-3-2-4-6-12/h2-8,10-11H,9H2,1H3. The number of ether oxygens (including phenoxy) is 1. The van der Waals surface area contributed by atoms with Gasteiger partial charge in [-0.05, 0) is 23.8 Å². The second-order valence-electron chi connectivity index (χ2n) is 4.62. The number of hydrogen-bond acceptors (Lipinski definition) is 3. The fourth-order valence-electron chi connectivity index (χ4n) is 2.22. The summed E-state index contributed by atoms with van der Waals surface area (Å²) in [6.45, 7) is 0. The van der Waals surface area contributed by atoms with Gasteiger partial charge in [-0.1, -0.05) is 36.4 Å². The zero-order chi connectivity index (χ0) is 13.9. The molecule has 20 heavy (non-hydrogen) atoms. The van der Waals surface area contributed by atoms with Gasteiger partial charge in [0.05, 0.1) is 12.7 Å². The number of furan rings is 1. The smallest absolute Gasteiger partial charge is 0.337 e. The molecular weight excluding hydrogens is 252 g/mol. The Morgan fingerprint density at radius 2 is 1.90 bits per heavy atom. The van der Waals surface area contributed by atoms with Crippen LogP contribution in [0.1, 0.15) is 21.7 Å². The highest BCUT2D eigenvalue weighted by Crippen LogP contribution is 2.23. The predicted octanol–water partition coefficient (Wildman–Crippen LogP) is 3.81. The second-order valence-corrected chi connectivity index (χ2v) is 4.62. The van der Waals surface area contributed by atoms with E-state index in [0.29, 0.717) is 11.1 Å². The maximum atomic E-state index is 11.5. The van der Waals surface area contributed by atoms with Gasteiger partial charge in [0.1, 0.15) is 11.3 Å². The van der Waals surface area contributed by atoms with Gasteiger partial charge in [-0.15, -0.1) is 0 Å². The zero-order valence-electron chi connectivity index (χ0n) is 11.1. The SMILES string of the molecule is COC(=O)c1ccc2cc(Cc3ccccc3)oc2c1. The quantitative estimate of drug-likeness (QED) is 0.677. The lowest BCUT2D eigenvalue weighted by atomic mass is 10.1. The number of carbonyl (C=O) groups excluding carboxylic acids is 1. The Bertz CT molecular complexity index is 741. The van der Waals surface area contributed by atoms with E-state index in [1.165, 1.54) is 12.7 Å². The van der Waals surface area contributed by atoms with Crippen molar-refractivity contribution in [2.45, 2.75) is 6.42 Å². The van der Waals surface area contributed by atoms with Crippen LogP contribution in [0.5, 0.6) is 0 Å². The monoisotopic (exact) mass is 266 g/mol.